The van der Waals surface area contributed by atoms with Crippen LogP contribution < -0.4 is 5.73 Å². The van der Waals surface area contributed by atoms with Crippen LogP contribution in [0.1, 0.15) is 23.2 Å². The minimum Gasteiger partial charge on any atom is -0.322 e. The molecule has 2 atom stereocenters. The third kappa shape index (κ3) is 3.54. The average Bonchev–Trinajstić information content (AvgIpc) is 3.19. The van der Waals surface area contributed by atoms with Crippen molar-refractivity contribution in [2.75, 3.05) is 0 Å². The molecular weight excluding hydrogens is 358 g/mol. The smallest absolute Gasteiger partial charge is 0.135 e. The molecule has 0 saturated carbocycles. The van der Waals surface area contributed by atoms with Gasteiger partial charge >= 0.3 is 0 Å². The van der Waals surface area contributed by atoms with E-state index in [2.05, 4.69) is 10.3 Å². The first-order valence-electron chi connectivity index (χ1n) is 8.86. The molecule has 0 aliphatic heterocycles. The van der Waals surface area contributed by atoms with Gasteiger partial charge in [0.05, 0.1) is 18.3 Å². The molecule has 28 heavy (non-hydrogen) atoms. The van der Waals surface area contributed by atoms with Crippen molar-refractivity contribution in [1.82, 2.24) is 15.0 Å². The van der Waals surface area contributed by atoms with Gasteiger partial charge in [-0.15, -0.1) is 5.10 Å². The molecule has 6 heteroatoms. The van der Waals surface area contributed by atoms with Crippen molar-refractivity contribution in [3.05, 3.63) is 108 Å². The Morgan fingerprint density at radius 1 is 0.821 bits per heavy atom. The van der Waals surface area contributed by atoms with Crippen molar-refractivity contribution >= 4 is 0 Å². The maximum absolute atomic E-state index is 14.2. The lowest BCUT2D eigenvalue weighted by atomic mass is 9.94. The second kappa shape index (κ2) is 7.70. The lowest BCUT2D eigenvalue weighted by Crippen LogP contribution is -2.26. The third-order valence-electron chi connectivity index (χ3n) is 4.67. The van der Waals surface area contributed by atoms with Crippen LogP contribution in [0.2, 0.25) is 0 Å². The largest absolute Gasteiger partial charge is 0.322 e. The summed E-state index contributed by atoms with van der Waals surface area (Å²) in [5, 5.41) is 8.30. The monoisotopic (exact) mass is 376 g/mol. The zero-order valence-electron chi connectivity index (χ0n) is 14.9. The molecule has 0 unspecified atom stereocenters. The highest BCUT2D eigenvalue weighted by Crippen LogP contribution is 2.31. The Balaban J connectivity index is 1.77. The van der Waals surface area contributed by atoms with Gasteiger partial charge in [0.15, 0.2) is 0 Å². The molecule has 0 aliphatic carbocycles. The van der Waals surface area contributed by atoms with Crippen LogP contribution in [0.5, 0.6) is 0 Å². The fraction of sp³-hybridized carbons (Fsp3) is 0.0909. The fourth-order valence-electron chi connectivity index (χ4n) is 3.27. The highest BCUT2D eigenvalue weighted by Gasteiger charge is 2.25. The molecule has 1 heterocycles. The highest BCUT2D eigenvalue weighted by molar-refractivity contribution is 5.58. The topological polar surface area (TPSA) is 56.7 Å². The van der Waals surface area contributed by atoms with Gasteiger partial charge in [-0.1, -0.05) is 65.9 Å². The van der Waals surface area contributed by atoms with Crippen molar-refractivity contribution in [3.63, 3.8) is 0 Å². The van der Waals surface area contributed by atoms with E-state index in [9.17, 15) is 8.78 Å². The minimum atomic E-state index is -0.685. The molecule has 0 saturated heterocycles. The number of hydrogen-bond acceptors (Lipinski definition) is 3. The molecule has 140 valence electrons. The zero-order valence-corrected chi connectivity index (χ0v) is 14.9. The van der Waals surface area contributed by atoms with Gasteiger partial charge in [0, 0.05) is 11.6 Å². The zero-order chi connectivity index (χ0) is 19.5. The predicted molar refractivity (Wildman–Crippen MR) is 103 cm³/mol. The van der Waals surface area contributed by atoms with E-state index in [0.29, 0.717) is 5.69 Å². The van der Waals surface area contributed by atoms with Crippen LogP contribution in [0.3, 0.4) is 0 Å². The SMILES string of the molecule is N[C@@H](c1ccccc1)[C@@H](c1ccccc1)n1cc(-c2ccc(F)cc2F)nn1. The van der Waals surface area contributed by atoms with Gasteiger partial charge in [0.1, 0.15) is 17.3 Å². The molecule has 3 aromatic carbocycles. The van der Waals surface area contributed by atoms with Crippen molar-refractivity contribution in [1.29, 1.82) is 0 Å². The Morgan fingerprint density at radius 3 is 2.11 bits per heavy atom. The first-order valence-corrected chi connectivity index (χ1v) is 8.86. The summed E-state index contributed by atoms with van der Waals surface area (Å²) in [4.78, 5) is 0. The van der Waals surface area contributed by atoms with Gasteiger partial charge in [0.25, 0.3) is 0 Å². The second-order valence-corrected chi connectivity index (χ2v) is 6.50. The van der Waals surface area contributed by atoms with Crippen LogP contribution in [0.25, 0.3) is 11.3 Å². The number of rotatable bonds is 5. The normalized spacial score (nSPS) is 13.2. The van der Waals surface area contributed by atoms with Crippen molar-refractivity contribution in [2.24, 2.45) is 5.73 Å². The first-order chi connectivity index (χ1) is 13.6. The summed E-state index contributed by atoms with van der Waals surface area (Å²) >= 11 is 0. The van der Waals surface area contributed by atoms with Crippen LogP contribution in [0, 0.1) is 11.6 Å². The summed E-state index contributed by atoms with van der Waals surface area (Å²) in [7, 11) is 0. The van der Waals surface area contributed by atoms with Crippen molar-refractivity contribution in [2.45, 2.75) is 12.1 Å². The van der Waals surface area contributed by atoms with Crippen molar-refractivity contribution in [3.8, 4) is 11.3 Å². The Labute approximate surface area is 161 Å². The lowest BCUT2D eigenvalue weighted by molar-refractivity contribution is 0.433. The summed E-state index contributed by atoms with van der Waals surface area (Å²) in [6.07, 6.45) is 1.64. The number of nitrogens with zero attached hydrogens (tertiary/aromatic N) is 3. The molecule has 0 radical (unpaired) electrons. The molecular formula is C22H18F2N4. The lowest BCUT2D eigenvalue weighted by Gasteiger charge is -2.24. The molecule has 0 bridgehead atoms. The van der Waals surface area contributed by atoms with Crippen LogP contribution in [-0.4, -0.2) is 15.0 Å². The number of nitrogens with two attached hydrogens (primary N) is 1. The number of aromatic nitrogens is 3. The molecule has 0 spiro atoms. The van der Waals surface area contributed by atoms with E-state index >= 15 is 0 Å². The molecule has 4 rings (SSSR count). The van der Waals surface area contributed by atoms with Crippen LogP contribution >= 0.6 is 0 Å². The van der Waals surface area contributed by atoms with Crippen molar-refractivity contribution < 1.29 is 8.78 Å². The Bertz CT molecular complexity index is 1060. The summed E-state index contributed by atoms with van der Waals surface area (Å²) in [5.41, 5.74) is 8.99. The highest BCUT2D eigenvalue weighted by atomic mass is 19.1. The van der Waals surface area contributed by atoms with E-state index in [1.54, 1.807) is 10.9 Å². The van der Waals surface area contributed by atoms with E-state index < -0.39 is 17.7 Å². The standard InChI is InChI=1S/C22H18F2N4/c23-17-11-12-18(19(24)13-17)20-14-28(27-26-20)22(16-9-5-2-6-10-16)21(25)15-7-3-1-4-8-15/h1-14,21-22H,25H2/t21-,22+/m0/s1. The molecule has 0 fully saturated rings. The molecule has 4 aromatic rings. The van der Waals surface area contributed by atoms with Gasteiger partial charge in [-0.05, 0) is 23.3 Å². The van der Waals surface area contributed by atoms with E-state index in [1.165, 1.54) is 12.1 Å². The van der Waals surface area contributed by atoms with Crippen LogP contribution in [0.4, 0.5) is 8.78 Å². The van der Waals surface area contributed by atoms with Gasteiger partial charge in [-0.2, -0.15) is 0 Å². The summed E-state index contributed by atoms with van der Waals surface area (Å²) in [6.45, 7) is 0. The average molecular weight is 376 g/mol. The number of benzene rings is 3. The van der Waals surface area contributed by atoms with Gasteiger partial charge in [-0.3, -0.25) is 0 Å². The second-order valence-electron chi connectivity index (χ2n) is 6.50. The molecule has 0 amide bonds. The quantitative estimate of drug-likeness (QED) is 0.557. The summed E-state index contributed by atoms with van der Waals surface area (Å²) in [6, 6.07) is 22.1. The summed E-state index contributed by atoms with van der Waals surface area (Å²) in [5.74, 6) is -1.32. The predicted octanol–water partition coefficient (Wildman–Crippen LogP) is 4.51. The van der Waals surface area contributed by atoms with Gasteiger partial charge < -0.3 is 5.73 Å². The Hall–Kier alpha value is -3.38. The molecule has 1 aromatic heterocycles. The number of halogens is 2. The van der Waals surface area contributed by atoms with E-state index in [-0.39, 0.29) is 11.6 Å². The molecule has 2 N–H and O–H groups in total. The van der Waals surface area contributed by atoms with Crippen LogP contribution in [-0.2, 0) is 0 Å². The molecule has 0 aliphatic rings. The van der Waals surface area contributed by atoms with Gasteiger partial charge in [0.2, 0.25) is 0 Å². The molecule has 4 nitrogen and oxygen atoms in total. The maximum atomic E-state index is 14.2. The van der Waals surface area contributed by atoms with Gasteiger partial charge in [-0.25, -0.2) is 13.5 Å². The van der Waals surface area contributed by atoms with E-state index in [1.807, 2.05) is 60.7 Å². The first kappa shape index (κ1) is 18.0. The fourth-order valence-corrected chi connectivity index (χ4v) is 3.27. The Morgan fingerprint density at radius 2 is 1.46 bits per heavy atom. The Kier molecular flexibility index (Phi) is 4.95. The maximum Gasteiger partial charge on any atom is 0.135 e. The van der Waals surface area contributed by atoms with E-state index in [4.69, 9.17) is 5.73 Å². The van der Waals surface area contributed by atoms with Crippen LogP contribution in [0.15, 0.2) is 85.1 Å². The van der Waals surface area contributed by atoms with E-state index in [0.717, 1.165) is 17.2 Å². The summed E-state index contributed by atoms with van der Waals surface area (Å²) < 4.78 is 29.0. The number of hydrogen-bond donors (Lipinski definition) is 1. The third-order valence-corrected chi connectivity index (χ3v) is 4.67. The minimum absolute atomic E-state index is 0.188.